The van der Waals surface area contributed by atoms with Crippen LogP contribution >= 0.6 is 0 Å². The van der Waals surface area contributed by atoms with Crippen LogP contribution in [-0.4, -0.2) is 11.7 Å². The summed E-state index contributed by atoms with van der Waals surface area (Å²) in [5, 5.41) is 9.02. The van der Waals surface area contributed by atoms with Crippen molar-refractivity contribution in [1.82, 2.24) is 10.6 Å². The maximum atomic E-state index is 14.7. The van der Waals surface area contributed by atoms with Crippen LogP contribution in [0.15, 0.2) is 52.2 Å². The monoisotopic (exact) mass is 423 g/mol. The van der Waals surface area contributed by atoms with Crippen LogP contribution < -0.4 is 16.0 Å². The molecular formula is C24H26FN3O3. The fourth-order valence-corrected chi connectivity index (χ4v) is 4.00. The highest BCUT2D eigenvalue weighted by Gasteiger charge is 2.39. The Labute approximate surface area is 180 Å². The van der Waals surface area contributed by atoms with Crippen molar-refractivity contribution >= 4 is 17.4 Å². The average Bonchev–Trinajstić information content (AvgIpc) is 3.23. The second-order valence-electron chi connectivity index (χ2n) is 9.16. The lowest BCUT2D eigenvalue weighted by Crippen LogP contribution is -2.40. The summed E-state index contributed by atoms with van der Waals surface area (Å²) >= 11 is 0. The Kier molecular flexibility index (Phi) is 4.80. The number of Topliss-reactive ketones (excluding diaryl/α,β-unsaturated/α-hetero) is 1. The molecule has 3 N–H and O–H groups in total. The summed E-state index contributed by atoms with van der Waals surface area (Å²) in [5.74, 6) is 0.209. The van der Waals surface area contributed by atoms with Crippen molar-refractivity contribution in [2.24, 2.45) is 5.41 Å². The number of nitrogens with one attached hydrogen (secondary N) is 3. The van der Waals surface area contributed by atoms with Crippen LogP contribution in [0.5, 0.6) is 0 Å². The Bertz CT molecular complexity index is 1150. The SMILES string of the molecule is C=C1C(=O)C(Nc2c(F)ccc3c2C(=O)N[C@H]3C)=C1N[C@@H](c1ccc(C)o1)C(C)(C)C. The van der Waals surface area contributed by atoms with Crippen molar-refractivity contribution in [3.05, 3.63) is 76.3 Å². The van der Waals surface area contributed by atoms with Gasteiger partial charge in [0.05, 0.1) is 29.0 Å². The molecule has 0 saturated heterocycles. The largest absolute Gasteiger partial charge is 0.464 e. The number of allylic oxidation sites excluding steroid dienone is 2. The molecule has 2 aromatic rings. The van der Waals surface area contributed by atoms with E-state index in [1.165, 1.54) is 6.07 Å². The lowest BCUT2D eigenvalue weighted by molar-refractivity contribution is -0.113. The molecule has 1 aromatic carbocycles. The molecule has 1 aromatic heterocycles. The number of amides is 1. The molecule has 1 aliphatic heterocycles. The van der Waals surface area contributed by atoms with Crippen molar-refractivity contribution in [2.45, 2.75) is 46.7 Å². The predicted molar refractivity (Wildman–Crippen MR) is 116 cm³/mol. The summed E-state index contributed by atoms with van der Waals surface area (Å²) in [7, 11) is 0. The predicted octanol–water partition coefficient (Wildman–Crippen LogP) is 4.67. The van der Waals surface area contributed by atoms with Gasteiger partial charge in [-0.2, -0.15) is 0 Å². The van der Waals surface area contributed by atoms with Gasteiger partial charge in [-0.15, -0.1) is 0 Å². The van der Waals surface area contributed by atoms with Gasteiger partial charge in [0.1, 0.15) is 23.0 Å². The molecule has 0 fully saturated rings. The van der Waals surface area contributed by atoms with E-state index in [0.29, 0.717) is 16.8 Å². The number of furan rings is 1. The van der Waals surface area contributed by atoms with Crippen molar-refractivity contribution in [3.8, 4) is 0 Å². The van der Waals surface area contributed by atoms with Crippen LogP contribution in [0.3, 0.4) is 0 Å². The third-order valence-electron chi connectivity index (χ3n) is 5.73. The average molecular weight is 423 g/mol. The lowest BCUT2D eigenvalue weighted by atomic mass is 9.83. The maximum absolute atomic E-state index is 14.7. The Hall–Kier alpha value is -3.35. The van der Waals surface area contributed by atoms with Crippen LogP contribution in [0.2, 0.25) is 0 Å². The normalized spacial score (nSPS) is 19.2. The first-order chi connectivity index (χ1) is 14.5. The van der Waals surface area contributed by atoms with Gasteiger partial charge in [-0.25, -0.2) is 4.39 Å². The van der Waals surface area contributed by atoms with Gasteiger partial charge in [-0.3, -0.25) is 9.59 Å². The molecule has 0 radical (unpaired) electrons. The summed E-state index contributed by atoms with van der Waals surface area (Å²) in [5.41, 5.74) is 1.62. The van der Waals surface area contributed by atoms with Crippen molar-refractivity contribution < 1.29 is 18.4 Å². The second-order valence-corrected chi connectivity index (χ2v) is 9.16. The number of carbonyl (C=O) groups excluding carboxylic acids is 2. The molecule has 0 bridgehead atoms. The van der Waals surface area contributed by atoms with E-state index in [9.17, 15) is 14.0 Å². The minimum atomic E-state index is -0.603. The highest BCUT2D eigenvalue weighted by molar-refractivity contribution is 6.21. The van der Waals surface area contributed by atoms with E-state index in [0.717, 1.165) is 11.5 Å². The Morgan fingerprint density at radius 3 is 2.48 bits per heavy atom. The van der Waals surface area contributed by atoms with Crippen LogP contribution in [0.4, 0.5) is 10.1 Å². The summed E-state index contributed by atoms with van der Waals surface area (Å²) < 4.78 is 20.5. The molecule has 0 spiro atoms. The van der Waals surface area contributed by atoms with E-state index >= 15 is 0 Å². The van der Waals surface area contributed by atoms with E-state index in [1.54, 1.807) is 6.07 Å². The topological polar surface area (TPSA) is 83.4 Å². The van der Waals surface area contributed by atoms with Gasteiger partial charge in [-0.1, -0.05) is 33.4 Å². The zero-order valence-electron chi connectivity index (χ0n) is 18.3. The first-order valence-electron chi connectivity index (χ1n) is 10.2. The minimum Gasteiger partial charge on any atom is -0.464 e. The molecule has 4 rings (SSSR count). The first kappa shape index (κ1) is 20.9. The van der Waals surface area contributed by atoms with Gasteiger partial charge in [0.15, 0.2) is 0 Å². The fraction of sp³-hybridized carbons (Fsp3) is 0.333. The molecule has 0 saturated carbocycles. The van der Waals surface area contributed by atoms with E-state index in [2.05, 4.69) is 43.3 Å². The molecular weight excluding hydrogens is 397 g/mol. The molecule has 2 heterocycles. The van der Waals surface area contributed by atoms with E-state index < -0.39 is 5.82 Å². The summed E-state index contributed by atoms with van der Waals surface area (Å²) in [4.78, 5) is 25.0. The number of anilines is 1. The highest BCUT2D eigenvalue weighted by atomic mass is 19.1. The molecule has 7 heteroatoms. The standard InChI is InChI=1S/C24H26FN3O3/c1-11-7-10-16(31-11)22(24(4,5)6)28-18-12(2)21(29)20(18)27-19-15(25)9-8-14-13(3)26-23(30)17(14)19/h7-10,13,22,27-28H,2H2,1,3-6H3,(H,26,30)/t13-,22-/m0/s1. The number of aryl methyl sites for hydroxylation is 1. The molecule has 2 aliphatic rings. The van der Waals surface area contributed by atoms with Crippen molar-refractivity contribution in [1.29, 1.82) is 0 Å². The van der Waals surface area contributed by atoms with Gasteiger partial charge in [0.2, 0.25) is 5.78 Å². The van der Waals surface area contributed by atoms with E-state index in [-0.39, 0.29) is 46.1 Å². The van der Waals surface area contributed by atoms with Crippen LogP contribution in [0.25, 0.3) is 0 Å². The maximum Gasteiger partial charge on any atom is 0.254 e. The number of halogens is 1. The van der Waals surface area contributed by atoms with E-state index in [1.807, 2.05) is 26.0 Å². The summed E-state index contributed by atoms with van der Waals surface area (Å²) in [6, 6.07) is 6.18. The summed E-state index contributed by atoms with van der Waals surface area (Å²) in [6.07, 6.45) is 0. The Morgan fingerprint density at radius 2 is 1.87 bits per heavy atom. The molecule has 31 heavy (non-hydrogen) atoms. The number of hydrogen-bond acceptors (Lipinski definition) is 5. The zero-order valence-corrected chi connectivity index (χ0v) is 18.3. The summed E-state index contributed by atoms with van der Waals surface area (Å²) in [6.45, 7) is 13.7. The number of fused-ring (bicyclic) bond motifs is 1. The Balaban J connectivity index is 1.73. The van der Waals surface area contributed by atoms with Crippen molar-refractivity contribution in [3.63, 3.8) is 0 Å². The number of carbonyl (C=O) groups is 2. The fourth-order valence-electron chi connectivity index (χ4n) is 4.00. The van der Waals surface area contributed by atoms with E-state index in [4.69, 9.17) is 4.42 Å². The third-order valence-corrected chi connectivity index (χ3v) is 5.73. The van der Waals surface area contributed by atoms with Gasteiger partial charge in [-0.05, 0) is 43.0 Å². The smallest absolute Gasteiger partial charge is 0.254 e. The molecule has 162 valence electrons. The quantitative estimate of drug-likeness (QED) is 0.609. The molecule has 0 unspecified atom stereocenters. The minimum absolute atomic E-state index is 0.00403. The van der Waals surface area contributed by atoms with Crippen LogP contribution in [-0.2, 0) is 4.79 Å². The van der Waals surface area contributed by atoms with Crippen molar-refractivity contribution in [2.75, 3.05) is 5.32 Å². The van der Waals surface area contributed by atoms with Gasteiger partial charge in [0, 0.05) is 5.57 Å². The van der Waals surface area contributed by atoms with Gasteiger partial charge in [0.25, 0.3) is 5.91 Å². The van der Waals surface area contributed by atoms with Crippen LogP contribution in [0.1, 0.15) is 67.2 Å². The Morgan fingerprint density at radius 1 is 1.16 bits per heavy atom. The highest BCUT2D eigenvalue weighted by Crippen LogP contribution is 2.40. The zero-order chi connectivity index (χ0) is 22.7. The molecule has 1 aliphatic carbocycles. The molecule has 6 nitrogen and oxygen atoms in total. The number of benzene rings is 1. The van der Waals surface area contributed by atoms with Gasteiger partial charge < -0.3 is 20.4 Å². The first-order valence-corrected chi connectivity index (χ1v) is 10.2. The lowest BCUT2D eigenvalue weighted by Gasteiger charge is -2.36. The number of ketones is 1. The van der Waals surface area contributed by atoms with Crippen LogP contribution in [0, 0.1) is 18.2 Å². The third kappa shape index (κ3) is 3.44. The molecule has 2 atom stereocenters. The molecule has 1 amide bonds. The number of hydrogen-bond donors (Lipinski definition) is 3. The van der Waals surface area contributed by atoms with Gasteiger partial charge >= 0.3 is 0 Å². The number of rotatable bonds is 5. The second kappa shape index (κ2) is 7.11.